The van der Waals surface area contributed by atoms with Crippen molar-refractivity contribution in [2.45, 2.75) is 24.9 Å². The Labute approximate surface area is 113 Å². The van der Waals surface area contributed by atoms with Gasteiger partial charge in [-0.3, -0.25) is 9.09 Å². The predicted molar refractivity (Wildman–Crippen MR) is 65.4 cm³/mol. The summed E-state index contributed by atoms with van der Waals surface area (Å²) in [6.45, 7) is -0.487. The van der Waals surface area contributed by atoms with Gasteiger partial charge in [0.15, 0.2) is 0 Å². The smallest absolute Gasteiger partial charge is 0.390 e. The molecule has 0 bridgehead atoms. The lowest BCUT2D eigenvalue weighted by Gasteiger charge is -2.16. The molecule has 112 valence electrons. The van der Waals surface area contributed by atoms with E-state index < -0.39 is 38.6 Å². The lowest BCUT2D eigenvalue weighted by Crippen LogP contribution is -2.28. The molecule has 1 aliphatic heterocycles. The Morgan fingerprint density at radius 3 is 2.90 bits per heavy atom. The second-order valence-electron chi connectivity index (χ2n) is 4.26. The first-order chi connectivity index (χ1) is 9.26. The van der Waals surface area contributed by atoms with E-state index >= 15 is 0 Å². The van der Waals surface area contributed by atoms with Crippen molar-refractivity contribution < 1.29 is 28.7 Å². The zero-order chi connectivity index (χ0) is 14.9. The molecular formula is C9H14N3O7P. The quantitative estimate of drug-likeness (QED) is 0.490. The standard InChI is InChI=1S/C9H14N3O7P/c10-7-1-2-12(9(14)11-7)8-3-5(13)6(19-8)4-18-20(15,16)17/h1-2,5-6,8,13H,3-4H2,(H2,10,11,14)(H2,15,16,17)/t5-,6+,8+/m1/s1. The SMILES string of the molecule is Nc1ccn([C@@H]2C[C@@H](O)[C@H](COP(=O)(O)O)O2)c(=O)n1. The van der Waals surface area contributed by atoms with Gasteiger partial charge in [-0.2, -0.15) is 4.98 Å². The largest absolute Gasteiger partial charge is 0.469 e. The Bertz CT molecular complexity index is 585. The van der Waals surface area contributed by atoms with E-state index in [0.29, 0.717) is 0 Å². The van der Waals surface area contributed by atoms with Crippen LogP contribution in [-0.2, 0) is 13.8 Å². The van der Waals surface area contributed by atoms with Crippen molar-refractivity contribution in [3.05, 3.63) is 22.7 Å². The fourth-order valence-corrected chi connectivity index (χ4v) is 2.19. The highest BCUT2D eigenvalue weighted by Crippen LogP contribution is 2.38. The summed E-state index contributed by atoms with van der Waals surface area (Å²) >= 11 is 0. The molecular weight excluding hydrogens is 293 g/mol. The molecule has 0 spiro atoms. The highest BCUT2D eigenvalue weighted by molar-refractivity contribution is 7.46. The molecule has 1 aromatic heterocycles. The van der Waals surface area contributed by atoms with Crippen LogP contribution in [-0.4, -0.2) is 43.3 Å². The Morgan fingerprint density at radius 2 is 2.30 bits per heavy atom. The number of anilines is 1. The number of nitrogen functional groups attached to an aromatic ring is 1. The molecule has 10 nitrogen and oxygen atoms in total. The van der Waals surface area contributed by atoms with Gasteiger partial charge in [0.25, 0.3) is 0 Å². The summed E-state index contributed by atoms with van der Waals surface area (Å²) in [5, 5.41) is 9.74. The number of phosphoric acid groups is 1. The number of hydrogen-bond donors (Lipinski definition) is 4. The summed E-state index contributed by atoms with van der Waals surface area (Å²) in [5.41, 5.74) is 4.72. The monoisotopic (exact) mass is 307 g/mol. The van der Waals surface area contributed by atoms with Crippen LogP contribution in [0.5, 0.6) is 0 Å². The van der Waals surface area contributed by atoms with E-state index in [0.717, 1.165) is 4.57 Å². The molecule has 2 heterocycles. The van der Waals surface area contributed by atoms with Crippen LogP contribution in [0.4, 0.5) is 5.82 Å². The highest BCUT2D eigenvalue weighted by atomic mass is 31.2. The molecule has 0 radical (unpaired) electrons. The van der Waals surface area contributed by atoms with E-state index in [9.17, 15) is 14.5 Å². The van der Waals surface area contributed by atoms with Crippen molar-refractivity contribution in [1.82, 2.24) is 9.55 Å². The zero-order valence-corrected chi connectivity index (χ0v) is 11.1. The molecule has 0 unspecified atom stereocenters. The molecule has 0 saturated carbocycles. The summed E-state index contributed by atoms with van der Waals surface area (Å²) in [6, 6.07) is 1.40. The Morgan fingerprint density at radius 1 is 1.60 bits per heavy atom. The minimum absolute atomic E-state index is 0.0613. The van der Waals surface area contributed by atoms with Crippen LogP contribution in [0.15, 0.2) is 17.1 Å². The minimum atomic E-state index is -4.64. The van der Waals surface area contributed by atoms with Crippen molar-refractivity contribution in [3.63, 3.8) is 0 Å². The van der Waals surface area contributed by atoms with E-state index in [4.69, 9.17) is 20.3 Å². The molecule has 0 aliphatic carbocycles. The Hall–Kier alpha value is -1.29. The summed E-state index contributed by atoms with van der Waals surface area (Å²) in [4.78, 5) is 32.3. The number of aliphatic hydroxyl groups excluding tert-OH is 1. The summed E-state index contributed by atoms with van der Waals surface area (Å²) in [7, 11) is -4.64. The third kappa shape index (κ3) is 3.63. The van der Waals surface area contributed by atoms with Crippen molar-refractivity contribution in [3.8, 4) is 0 Å². The maximum Gasteiger partial charge on any atom is 0.469 e. The fourth-order valence-electron chi connectivity index (χ4n) is 1.85. The van der Waals surface area contributed by atoms with Gasteiger partial charge in [0.1, 0.15) is 18.1 Å². The first-order valence-corrected chi connectivity index (χ1v) is 7.17. The molecule has 20 heavy (non-hydrogen) atoms. The molecule has 3 atom stereocenters. The number of nitrogens with two attached hydrogens (primary N) is 1. The van der Waals surface area contributed by atoms with E-state index in [1.54, 1.807) is 0 Å². The topological polar surface area (TPSA) is 157 Å². The Balaban J connectivity index is 2.06. The highest BCUT2D eigenvalue weighted by Gasteiger charge is 2.36. The van der Waals surface area contributed by atoms with Gasteiger partial charge >= 0.3 is 13.5 Å². The molecule has 2 rings (SSSR count). The van der Waals surface area contributed by atoms with Crippen molar-refractivity contribution in [2.24, 2.45) is 0 Å². The predicted octanol–water partition coefficient (Wildman–Crippen LogP) is -1.42. The van der Waals surface area contributed by atoms with E-state index in [1.165, 1.54) is 12.3 Å². The lowest BCUT2D eigenvalue weighted by molar-refractivity contribution is -0.0450. The number of ether oxygens (including phenoxy) is 1. The third-order valence-electron chi connectivity index (χ3n) is 2.77. The average Bonchev–Trinajstić information content (AvgIpc) is 2.67. The first kappa shape index (κ1) is 15.1. The number of nitrogens with zero attached hydrogens (tertiary/aromatic N) is 2. The molecule has 5 N–H and O–H groups in total. The molecule has 1 fully saturated rings. The van der Waals surface area contributed by atoms with Crippen LogP contribution in [0.1, 0.15) is 12.6 Å². The van der Waals surface area contributed by atoms with Gasteiger partial charge in [0, 0.05) is 12.6 Å². The second kappa shape index (κ2) is 5.60. The number of phosphoric ester groups is 1. The first-order valence-electron chi connectivity index (χ1n) is 5.64. The van der Waals surface area contributed by atoms with Gasteiger partial charge in [-0.15, -0.1) is 0 Å². The van der Waals surface area contributed by atoms with E-state index in [2.05, 4.69) is 9.51 Å². The summed E-state index contributed by atoms with van der Waals surface area (Å²) < 4.78 is 21.3. The van der Waals surface area contributed by atoms with Crippen LogP contribution < -0.4 is 11.4 Å². The van der Waals surface area contributed by atoms with Crippen LogP contribution in [0.2, 0.25) is 0 Å². The van der Waals surface area contributed by atoms with Gasteiger partial charge in [-0.1, -0.05) is 0 Å². The van der Waals surface area contributed by atoms with Crippen LogP contribution >= 0.6 is 7.82 Å². The van der Waals surface area contributed by atoms with Gasteiger partial charge in [-0.25, -0.2) is 9.36 Å². The minimum Gasteiger partial charge on any atom is -0.390 e. The maximum absolute atomic E-state index is 11.6. The summed E-state index contributed by atoms with van der Waals surface area (Å²) in [6.07, 6.45) is -1.32. The lowest BCUT2D eigenvalue weighted by atomic mass is 10.2. The second-order valence-corrected chi connectivity index (χ2v) is 5.50. The molecule has 1 aromatic rings. The normalized spacial score (nSPS) is 26.9. The molecule has 1 aliphatic rings. The Kier molecular flexibility index (Phi) is 4.23. The van der Waals surface area contributed by atoms with Crippen LogP contribution in [0.3, 0.4) is 0 Å². The molecule has 1 saturated heterocycles. The average molecular weight is 307 g/mol. The van der Waals surface area contributed by atoms with Gasteiger partial charge in [0.05, 0.1) is 12.7 Å². The van der Waals surface area contributed by atoms with Crippen molar-refractivity contribution in [1.29, 1.82) is 0 Å². The zero-order valence-electron chi connectivity index (χ0n) is 10.2. The van der Waals surface area contributed by atoms with Crippen LogP contribution in [0.25, 0.3) is 0 Å². The van der Waals surface area contributed by atoms with Crippen molar-refractivity contribution >= 4 is 13.6 Å². The van der Waals surface area contributed by atoms with Crippen molar-refractivity contribution in [2.75, 3.05) is 12.3 Å². The molecule has 11 heteroatoms. The number of aliphatic hydroxyl groups is 1. The number of aromatic nitrogens is 2. The molecule has 0 aromatic carbocycles. The molecule has 0 amide bonds. The van der Waals surface area contributed by atoms with E-state index in [-0.39, 0.29) is 12.2 Å². The van der Waals surface area contributed by atoms with Gasteiger partial charge < -0.3 is 25.4 Å². The number of rotatable bonds is 4. The number of hydrogen-bond acceptors (Lipinski definition) is 7. The van der Waals surface area contributed by atoms with Crippen LogP contribution in [0, 0.1) is 0 Å². The van der Waals surface area contributed by atoms with E-state index in [1.807, 2.05) is 0 Å². The fraction of sp³-hybridized carbons (Fsp3) is 0.556. The van der Waals surface area contributed by atoms with Gasteiger partial charge in [-0.05, 0) is 6.07 Å². The van der Waals surface area contributed by atoms with Gasteiger partial charge in [0.2, 0.25) is 0 Å². The maximum atomic E-state index is 11.6. The summed E-state index contributed by atoms with van der Waals surface area (Å²) in [5.74, 6) is 0.0613. The third-order valence-corrected chi connectivity index (χ3v) is 3.26.